The molecule has 0 spiro atoms. The number of hydrogen-bond donors (Lipinski definition) is 0. The lowest BCUT2D eigenvalue weighted by Gasteiger charge is -2.64. The first-order valence-electron chi connectivity index (χ1n) is 13.4. The van der Waals surface area contributed by atoms with Gasteiger partial charge in [0, 0.05) is 0 Å². The minimum absolute atomic E-state index is 1.63. The highest BCUT2D eigenvalue weighted by molar-refractivity contribution is 5.87. The molecule has 0 amide bonds. The second-order valence-corrected chi connectivity index (χ2v) is 12.7. The van der Waals surface area contributed by atoms with E-state index in [1.807, 2.05) is 0 Å². The predicted molar refractivity (Wildman–Crippen MR) is 104 cm³/mol. The van der Waals surface area contributed by atoms with E-state index in [2.05, 4.69) is 0 Å². The average molecular weight is 974 g/mol. The summed E-state index contributed by atoms with van der Waals surface area (Å²) in [4.78, 5) is 26.9. The molecule has 350 valence electrons. The van der Waals surface area contributed by atoms with Gasteiger partial charge in [0.05, 0.1) is 0 Å². The van der Waals surface area contributed by atoms with Crippen LogP contribution in [0.2, 0.25) is 0 Å². The first-order valence-corrected chi connectivity index (χ1v) is 13.4. The Hall–Kier alpha value is -3.44. The summed E-state index contributed by atoms with van der Waals surface area (Å²) in [5.74, 6) is -141. The van der Waals surface area contributed by atoms with E-state index in [1.54, 1.807) is 9.78 Å². The largest absolute Gasteiger partial charge is 0.405 e. The maximum Gasteiger partial charge on any atom is 0.405 e. The smallest absolute Gasteiger partial charge is 0.243 e. The van der Waals surface area contributed by atoms with E-state index in [0.717, 1.165) is 0 Å². The SMILES string of the molecule is O=C(OOC(=O)C1(F)C(F)(F)C(F)(F)C2(F)C(F)(F)C(F)(F)C(F)(F)C(F)(F)C2(F)C1(F)F)C1(F)C(F)(F)C(F)(F)C2(F)C(F)(F)C(F)(F)C(F)(F)C(F)(F)C2(F)C1(F)F. The number of carbonyl (C=O) groups excluding carboxylic acids is 2. The first-order chi connectivity index (χ1) is 25.5. The molecule has 0 bridgehead atoms. The molecule has 6 unspecified atom stereocenters. The molecule has 0 aliphatic heterocycles. The maximum absolute atomic E-state index is 15.3. The molecule has 4 aliphatic rings. The monoisotopic (exact) mass is 974 g/mol. The Morgan fingerprint density at radius 3 is 0.500 bits per heavy atom. The standard InChI is InChI=1S/C22F34O4/c23-3(9(29,30)5(25)7(27,13(37,38)11(3,33)34)17(45,46)21(53,54)19(49,50)15(5,41)42)1(57)59-60-2(58)4(24)10(31,32)6(26)8(28,14(39,40)12(4,35)36)18(47,48)22(55,56)20(51,52)16(6,43)44. The summed E-state index contributed by atoms with van der Waals surface area (Å²) >= 11 is 0. The molecule has 0 heterocycles. The highest BCUT2D eigenvalue weighted by Crippen LogP contribution is 2.83. The van der Waals surface area contributed by atoms with Crippen LogP contribution < -0.4 is 0 Å². The van der Waals surface area contributed by atoms with Crippen LogP contribution in [0.4, 0.5) is 149 Å². The van der Waals surface area contributed by atoms with Crippen LogP contribution in [0.1, 0.15) is 0 Å². The van der Waals surface area contributed by atoms with Gasteiger partial charge in [-0.3, -0.25) is 0 Å². The van der Waals surface area contributed by atoms with Gasteiger partial charge in [0.1, 0.15) is 0 Å². The molecule has 0 aromatic rings. The Labute approximate surface area is 298 Å². The van der Waals surface area contributed by atoms with E-state index in [9.17, 15) is 133 Å². The van der Waals surface area contributed by atoms with Crippen LogP contribution in [0.25, 0.3) is 0 Å². The Balaban J connectivity index is 1.99. The summed E-state index contributed by atoms with van der Waals surface area (Å²) in [5.41, 5.74) is -56.6. The van der Waals surface area contributed by atoms with Crippen molar-refractivity contribution in [2.75, 3.05) is 0 Å². The van der Waals surface area contributed by atoms with E-state index in [1.165, 1.54) is 0 Å². The van der Waals surface area contributed by atoms with Crippen molar-refractivity contribution in [1.82, 2.24) is 0 Å². The fourth-order valence-corrected chi connectivity index (χ4v) is 6.61. The van der Waals surface area contributed by atoms with Gasteiger partial charge < -0.3 is 0 Å². The van der Waals surface area contributed by atoms with Crippen molar-refractivity contribution in [3.8, 4) is 0 Å². The molecule has 0 N–H and O–H groups in total. The Morgan fingerprint density at radius 1 is 0.200 bits per heavy atom. The van der Waals surface area contributed by atoms with E-state index in [-0.39, 0.29) is 0 Å². The molecule has 6 atom stereocenters. The van der Waals surface area contributed by atoms with Crippen molar-refractivity contribution < 1.29 is 169 Å². The quantitative estimate of drug-likeness (QED) is 0.158. The van der Waals surface area contributed by atoms with Crippen molar-refractivity contribution in [2.24, 2.45) is 0 Å². The number of fused-ring (bicyclic) bond motifs is 2. The lowest BCUT2D eigenvalue weighted by atomic mass is 9.52. The molecule has 38 heteroatoms. The predicted octanol–water partition coefficient (Wildman–Crippen LogP) is 9.19. The Bertz CT molecular complexity index is 1770. The van der Waals surface area contributed by atoms with Gasteiger partial charge in [0.2, 0.25) is 0 Å². The zero-order valence-electron chi connectivity index (χ0n) is 25.5. The molecule has 4 fully saturated rings. The Morgan fingerprint density at radius 2 is 0.333 bits per heavy atom. The normalized spacial score (nSPS) is 44.2. The highest BCUT2D eigenvalue weighted by atomic mass is 19.4. The molecule has 60 heavy (non-hydrogen) atoms. The summed E-state index contributed by atoms with van der Waals surface area (Å²) in [5, 5.41) is 0. The summed E-state index contributed by atoms with van der Waals surface area (Å²) in [7, 11) is 0. The first kappa shape index (κ1) is 49.2. The molecule has 0 aromatic carbocycles. The lowest BCUT2D eigenvalue weighted by Crippen LogP contribution is -2.99. The number of rotatable bonds is 2. The summed E-state index contributed by atoms with van der Waals surface area (Å²) < 4.78 is 492. The van der Waals surface area contributed by atoms with Crippen molar-refractivity contribution in [1.29, 1.82) is 0 Å². The van der Waals surface area contributed by atoms with Crippen LogP contribution in [0.3, 0.4) is 0 Å². The molecule has 0 aromatic heterocycles. The summed E-state index contributed by atoms with van der Waals surface area (Å²) in [6.07, 6.45) is 0. The van der Waals surface area contributed by atoms with Gasteiger partial charge in [-0.05, 0) is 0 Å². The third kappa shape index (κ3) is 3.50. The van der Waals surface area contributed by atoms with Crippen LogP contribution in [0.15, 0.2) is 0 Å². The molecule has 0 radical (unpaired) electrons. The average Bonchev–Trinajstić information content (AvgIpc) is 3.07. The fourth-order valence-electron chi connectivity index (χ4n) is 6.61. The third-order valence-corrected chi connectivity index (χ3v) is 10.1. The Kier molecular flexibility index (Phi) is 8.74. The number of carbonyl (C=O) groups is 2. The van der Waals surface area contributed by atoms with Gasteiger partial charge in [-0.25, -0.2) is 45.7 Å². The topological polar surface area (TPSA) is 52.6 Å². The molecule has 4 rings (SSSR count). The van der Waals surface area contributed by atoms with Crippen molar-refractivity contribution in [3.63, 3.8) is 0 Å². The van der Waals surface area contributed by atoms with Gasteiger partial charge >= 0.3 is 106 Å². The van der Waals surface area contributed by atoms with E-state index in [4.69, 9.17) is 0 Å². The van der Waals surface area contributed by atoms with Crippen LogP contribution in [0, 0.1) is 0 Å². The van der Waals surface area contributed by atoms with Crippen LogP contribution >= 0.6 is 0 Å². The number of hydrogen-bond acceptors (Lipinski definition) is 4. The van der Waals surface area contributed by atoms with Crippen LogP contribution in [0.5, 0.6) is 0 Å². The van der Waals surface area contributed by atoms with Crippen molar-refractivity contribution in [2.45, 2.75) is 117 Å². The lowest BCUT2D eigenvalue weighted by molar-refractivity contribution is -0.548. The molecule has 4 nitrogen and oxygen atoms in total. The van der Waals surface area contributed by atoms with Gasteiger partial charge in [-0.2, -0.15) is 123 Å². The van der Waals surface area contributed by atoms with Gasteiger partial charge in [0.25, 0.3) is 22.7 Å². The minimum atomic E-state index is -9.62. The minimum Gasteiger partial charge on any atom is -0.243 e. The molecular formula is C22F34O4. The van der Waals surface area contributed by atoms with E-state index < -0.39 is 129 Å². The summed E-state index contributed by atoms with van der Waals surface area (Å²) in [6, 6.07) is 0. The van der Waals surface area contributed by atoms with Crippen LogP contribution in [-0.2, 0) is 19.4 Å². The zero-order chi connectivity index (χ0) is 48.6. The third-order valence-electron chi connectivity index (χ3n) is 10.1. The highest BCUT2D eigenvalue weighted by Gasteiger charge is 3.17. The van der Waals surface area contributed by atoms with Gasteiger partial charge in [0.15, 0.2) is 0 Å². The molecular weight excluding hydrogens is 974 g/mol. The van der Waals surface area contributed by atoms with E-state index in [0.29, 0.717) is 0 Å². The molecule has 4 aliphatic carbocycles. The second kappa shape index (κ2) is 10.7. The second-order valence-electron chi connectivity index (χ2n) is 12.7. The van der Waals surface area contributed by atoms with Crippen LogP contribution in [-0.4, -0.2) is 129 Å². The van der Waals surface area contributed by atoms with Gasteiger partial charge in [-0.15, -0.1) is 0 Å². The summed E-state index contributed by atoms with van der Waals surface area (Å²) in [6.45, 7) is 0. The molecule has 0 saturated heterocycles. The zero-order valence-corrected chi connectivity index (χ0v) is 25.5. The molecule has 4 saturated carbocycles. The number of alkyl halides is 34. The number of halogens is 34. The van der Waals surface area contributed by atoms with Crippen molar-refractivity contribution >= 4 is 11.9 Å². The maximum atomic E-state index is 15.3. The van der Waals surface area contributed by atoms with Crippen molar-refractivity contribution in [3.05, 3.63) is 0 Å². The van der Waals surface area contributed by atoms with E-state index >= 15 is 26.3 Å². The van der Waals surface area contributed by atoms with Gasteiger partial charge in [-0.1, -0.05) is 0 Å². The fraction of sp³-hybridized carbons (Fsp3) is 0.909.